The highest BCUT2D eigenvalue weighted by Crippen LogP contribution is 2.29. The molecule has 1 atom stereocenters. The van der Waals surface area contributed by atoms with Gasteiger partial charge in [-0.25, -0.2) is 9.78 Å². The third kappa shape index (κ3) is 2.75. The summed E-state index contributed by atoms with van der Waals surface area (Å²) >= 11 is 5.82. The Kier molecular flexibility index (Phi) is 4.25. The van der Waals surface area contributed by atoms with Crippen LogP contribution in [0.2, 0.25) is 0 Å². The van der Waals surface area contributed by atoms with Gasteiger partial charge in [0.15, 0.2) is 0 Å². The van der Waals surface area contributed by atoms with Gasteiger partial charge >= 0.3 is 5.97 Å². The number of rotatable bonds is 5. The molecule has 0 spiro atoms. The molecule has 4 nitrogen and oxygen atoms in total. The molecule has 0 saturated heterocycles. The average Bonchev–Trinajstić information content (AvgIpc) is 2.48. The number of carbonyl (C=O) groups is 1. The van der Waals surface area contributed by atoms with Crippen molar-refractivity contribution in [2.45, 2.75) is 18.4 Å². The van der Waals surface area contributed by atoms with Crippen molar-refractivity contribution in [2.24, 2.45) is 0 Å². The molecule has 0 saturated carbocycles. The van der Waals surface area contributed by atoms with Crippen molar-refractivity contribution in [3.05, 3.63) is 59.8 Å². The van der Waals surface area contributed by atoms with E-state index in [4.69, 9.17) is 16.3 Å². The lowest BCUT2D eigenvalue weighted by Gasteiger charge is -2.26. The van der Waals surface area contributed by atoms with Crippen LogP contribution in [0.25, 0.3) is 0 Å². The third-order valence-corrected chi connectivity index (χ3v) is 3.32. The molecule has 0 aliphatic heterocycles. The number of hydrogen-bond donors (Lipinski definition) is 1. The maximum Gasteiger partial charge on any atom is 0.352 e. The van der Waals surface area contributed by atoms with Crippen LogP contribution in [0.15, 0.2) is 48.7 Å². The topological polar surface area (TPSA) is 59.4 Å². The summed E-state index contributed by atoms with van der Waals surface area (Å²) in [5.41, 5.74) is -0.326. The molecule has 0 amide bonds. The first-order chi connectivity index (χ1) is 9.58. The van der Waals surface area contributed by atoms with Gasteiger partial charge in [0, 0.05) is 17.3 Å². The number of hydrogen-bond acceptors (Lipinski definition) is 3. The molecule has 2 rings (SSSR count). The largest absolute Gasteiger partial charge is 0.478 e. The molecule has 0 bridgehead atoms. The molecule has 0 aliphatic rings. The fourth-order valence-electron chi connectivity index (χ4n) is 1.79. The molecule has 1 aromatic carbocycles. The number of alkyl halides is 1. The SMILES string of the molecule is CC(Oc1ncccc1CCl)(C(=O)O)c1ccccc1. The van der Waals surface area contributed by atoms with Gasteiger partial charge in [-0.2, -0.15) is 0 Å². The van der Waals surface area contributed by atoms with Crippen molar-refractivity contribution in [1.82, 2.24) is 4.98 Å². The van der Waals surface area contributed by atoms with Crippen molar-refractivity contribution >= 4 is 17.6 Å². The van der Waals surface area contributed by atoms with E-state index in [0.29, 0.717) is 11.1 Å². The number of benzene rings is 1. The Balaban J connectivity index is 2.43. The minimum absolute atomic E-state index is 0.202. The van der Waals surface area contributed by atoms with Crippen LogP contribution in [0.1, 0.15) is 18.1 Å². The van der Waals surface area contributed by atoms with Crippen molar-refractivity contribution in [2.75, 3.05) is 0 Å². The van der Waals surface area contributed by atoms with Gasteiger partial charge < -0.3 is 9.84 Å². The first kappa shape index (κ1) is 14.3. The number of carboxylic acids is 1. The Labute approximate surface area is 122 Å². The minimum atomic E-state index is -1.52. The summed E-state index contributed by atoms with van der Waals surface area (Å²) in [6, 6.07) is 12.2. The van der Waals surface area contributed by atoms with Gasteiger partial charge in [0.05, 0.1) is 5.88 Å². The van der Waals surface area contributed by atoms with Crippen LogP contribution < -0.4 is 4.74 Å². The zero-order chi connectivity index (χ0) is 14.6. The number of nitrogens with zero attached hydrogens (tertiary/aromatic N) is 1. The highest BCUT2D eigenvalue weighted by molar-refractivity contribution is 6.17. The maximum absolute atomic E-state index is 11.6. The number of pyridine rings is 1. The summed E-state index contributed by atoms with van der Waals surface area (Å²) in [7, 11) is 0. The fraction of sp³-hybridized carbons (Fsp3) is 0.200. The van der Waals surface area contributed by atoms with Gasteiger partial charge in [-0.05, 0) is 13.0 Å². The maximum atomic E-state index is 11.6. The van der Waals surface area contributed by atoms with Gasteiger partial charge in [-0.15, -0.1) is 11.6 Å². The Morgan fingerprint density at radius 1 is 1.30 bits per heavy atom. The fourth-order valence-corrected chi connectivity index (χ4v) is 2.00. The highest BCUT2D eigenvalue weighted by atomic mass is 35.5. The molecule has 1 aromatic heterocycles. The van der Waals surface area contributed by atoms with Crippen LogP contribution in [0, 0.1) is 0 Å². The molecule has 5 heteroatoms. The van der Waals surface area contributed by atoms with Crippen LogP contribution in [-0.2, 0) is 16.3 Å². The van der Waals surface area contributed by atoms with E-state index in [-0.39, 0.29) is 11.8 Å². The number of aromatic nitrogens is 1. The van der Waals surface area contributed by atoms with Crippen molar-refractivity contribution < 1.29 is 14.6 Å². The van der Waals surface area contributed by atoms with Crippen LogP contribution in [0.4, 0.5) is 0 Å². The minimum Gasteiger partial charge on any atom is -0.478 e. The van der Waals surface area contributed by atoms with E-state index >= 15 is 0 Å². The molecule has 1 unspecified atom stereocenters. The summed E-state index contributed by atoms with van der Waals surface area (Å²) in [5.74, 6) is -0.653. The summed E-state index contributed by atoms with van der Waals surface area (Å²) in [5, 5.41) is 9.53. The first-order valence-electron chi connectivity index (χ1n) is 6.05. The Hall–Kier alpha value is -2.07. The van der Waals surface area contributed by atoms with Crippen LogP contribution in [0.3, 0.4) is 0 Å². The third-order valence-electron chi connectivity index (χ3n) is 3.03. The lowest BCUT2D eigenvalue weighted by molar-refractivity contribution is -0.155. The lowest BCUT2D eigenvalue weighted by Crippen LogP contribution is -2.39. The summed E-state index contributed by atoms with van der Waals surface area (Å²) in [6.07, 6.45) is 1.54. The number of ether oxygens (including phenoxy) is 1. The molecule has 0 fully saturated rings. The highest BCUT2D eigenvalue weighted by Gasteiger charge is 2.38. The van der Waals surface area contributed by atoms with Crippen LogP contribution in [-0.4, -0.2) is 16.1 Å². The Morgan fingerprint density at radius 2 is 2.00 bits per heavy atom. The average molecular weight is 292 g/mol. The van der Waals surface area contributed by atoms with E-state index in [2.05, 4.69) is 4.98 Å². The number of carboxylic acid groups (broad SMARTS) is 1. The predicted molar refractivity (Wildman–Crippen MR) is 75.9 cm³/mol. The quantitative estimate of drug-likeness (QED) is 0.860. The Morgan fingerprint density at radius 3 is 2.60 bits per heavy atom. The van der Waals surface area contributed by atoms with Crippen molar-refractivity contribution in [3.8, 4) is 5.88 Å². The molecule has 1 heterocycles. The van der Waals surface area contributed by atoms with Crippen LogP contribution in [0.5, 0.6) is 5.88 Å². The van der Waals surface area contributed by atoms with E-state index in [0.717, 1.165) is 0 Å². The van der Waals surface area contributed by atoms with E-state index in [1.807, 2.05) is 6.07 Å². The van der Waals surface area contributed by atoms with E-state index in [1.54, 1.807) is 42.6 Å². The van der Waals surface area contributed by atoms with E-state index in [1.165, 1.54) is 6.92 Å². The molecular formula is C15H14ClNO3. The zero-order valence-electron chi connectivity index (χ0n) is 10.9. The monoisotopic (exact) mass is 291 g/mol. The van der Waals surface area contributed by atoms with Gasteiger partial charge in [-0.3, -0.25) is 0 Å². The van der Waals surface area contributed by atoms with E-state index < -0.39 is 11.6 Å². The zero-order valence-corrected chi connectivity index (χ0v) is 11.7. The lowest BCUT2D eigenvalue weighted by atomic mass is 9.96. The summed E-state index contributed by atoms with van der Waals surface area (Å²) < 4.78 is 5.68. The molecule has 2 aromatic rings. The molecule has 0 aliphatic carbocycles. The van der Waals surface area contributed by atoms with Gasteiger partial charge in [0.2, 0.25) is 11.5 Å². The smallest absolute Gasteiger partial charge is 0.352 e. The second-order valence-electron chi connectivity index (χ2n) is 4.41. The van der Waals surface area contributed by atoms with Gasteiger partial charge in [-0.1, -0.05) is 36.4 Å². The van der Waals surface area contributed by atoms with E-state index in [9.17, 15) is 9.90 Å². The van der Waals surface area contributed by atoms with Gasteiger partial charge in [0.25, 0.3) is 0 Å². The number of aliphatic carboxylic acids is 1. The second kappa shape index (κ2) is 5.92. The van der Waals surface area contributed by atoms with Crippen LogP contribution >= 0.6 is 11.6 Å². The number of halogens is 1. The summed E-state index contributed by atoms with van der Waals surface area (Å²) in [6.45, 7) is 1.50. The molecular weight excluding hydrogens is 278 g/mol. The van der Waals surface area contributed by atoms with Crippen molar-refractivity contribution in [3.63, 3.8) is 0 Å². The predicted octanol–water partition coefficient (Wildman–Crippen LogP) is 3.20. The van der Waals surface area contributed by atoms with Crippen molar-refractivity contribution in [1.29, 1.82) is 0 Å². The molecule has 20 heavy (non-hydrogen) atoms. The summed E-state index contributed by atoms with van der Waals surface area (Å²) in [4.78, 5) is 15.7. The molecule has 0 radical (unpaired) electrons. The van der Waals surface area contributed by atoms with Gasteiger partial charge in [0.1, 0.15) is 0 Å². The molecule has 1 N–H and O–H groups in total. The first-order valence-corrected chi connectivity index (χ1v) is 6.59. The Bertz CT molecular complexity index is 603. The molecule has 104 valence electrons. The second-order valence-corrected chi connectivity index (χ2v) is 4.68. The normalized spacial score (nSPS) is 13.5. The standard InChI is InChI=1S/C15H14ClNO3/c1-15(14(18)19,12-7-3-2-4-8-12)20-13-11(10-16)6-5-9-17-13/h2-9H,10H2,1H3,(H,18,19).